The van der Waals surface area contributed by atoms with Gasteiger partial charge in [-0.3, -0.25) is 4.79 Å². The third-order valence-corrected chi connectivity index (χ3v) is 5.99. The lowest BCUT2D eigenvalue weighted by Gasteiger charge is -2.23. The van der Waals surface area contributed by atoms with Gasteiger partial charge in [-0.05, 0) is 60.4 Å². The van der Waals surface area contributed by atoms with E-state index in [0.29, 0.717) is 20.7 Å². The highest BCUT2D eigenvalue weighted by Gasteiger charge is 2.30. The molecule has 0 heterocycles. The summed E-state index contributed by atoms with van der Waals surface area (Å²) in [5, 5.41) is 2.39. The van der Waals surface area contributed by atoms with Crippen LogP contribution in [-0.4, -0.2) is 16.4 Å². The highest BCUT2D eigenvalue weighted by molar-refractivity contribution is 9.09. The molecule has 2 aromatic carbocycles. The summed E-state index contributed by atoms with van der Waals surface area (Å²) in [5.74, 6) is -0.367. The molecule has 5 heteroatoms. The Morgan fingerprint density at radius 3 is 1.58 bits per heavy atom. The first-order valence-corrected chi connectivity index (χ1v) is 10.6. The quantitative estimate of drug-likeness (QED) is 0.403. The number of alkyl halides is 2. The Labute approximate surface area is 170 Å². The van der Waals surface area contributed by atoms with Gasteiger partial charge in [0.15, 0.2) is 0 Å². The number of aryl methyl sites for hydroxylation is 2. The van der Waals surface area contributed by atoms with Crippen LogP contribution in [0.25, 0.3) is 0 Å². The summed E-state index contributed by atoms with van der Waals surface area (Å²) in [5.41, 5.74) is 4.06. The van der Waals surface area contributed by atoms with Gasteiger partial charge in [0.05, 0.1) is 11.8 Å². The first-order valence-electron chi connectivity index (χ1n) is 7.56. The predicted octanol–water partition coefficient (Wildman–Crippen LogP) is 6.84. The second-order valence-corrected chi connectivity index (χ2v) is 7.99. The van der Waals surface area contributed by atoms with Crippen molar-refractivity contribution in [1.29, 1.82) is 0 Å². The minimum Gasteiger partial charge on any atom is -0.298 e. The zero-order valence-electron chi connectivity index (χ0n) is 13.5. The second kappa shape index (κ2) is 8.84. The van der Waals surface area contributed by atoms with Gasteiger partial charge in [0.25, 0.3) is 0 Å². The molecule has 2 unspecified atom stereocenters. The zero-order chi connectivity index (χ0) is 17.9. The maximum Gasteiger partial charge on any atom is 0.149 e. The molecule has 0 spiro atoms. The van der Waals surface area contributed by atoms with E-state index < -0.39 is 0 Å². The van der Waals surface area contributed by atoms with Crippen molar-refractivity contribution >= 4 is 60.8 Å². The Kier molecular flexibility index (Phi) is 7.36. The molecular weight excluding hydrogens is 475 g/mol. The Morgan fingerprint density at radius 1 is 0.875 bits per heavy atom. The van der Waals surface area contributed by atoms with E-state index in [-0.39, 0.29) is 17.6 Å². The maximum atomic E-state index is 13.3. The van der Waals surface area contributed by atoms with Gasteiger partial charge >= 0.3 is 0 Å². The van der Waals surface area contributed by atoms with Crippen LogP contribution in [-0.2, 0) is 4.79 Å². The van der Waals surface area contributed by atoms with Crippen molar-refractivity contribution in [2.24, 2.45) is 0 Å². The lowest BCUT2D eigenvalue weighted by atomic mass is 9.83. The Bertz CT molecular complexity index is 685. The number of rotatable bonds is 6. The van der Waals surface area contributed by atoms with Crippen molar-refractivity contribution in [2.75, 3.05) is 10.7 Å². The number of benzene rings is 2. The monoisotopic (exact) mass is 490 g/mol. The molecule has 2 atom stereocenters. The van der Waals surface area contributed by atoms with Crippen LogP contribution in [0.1, 0.15) is 34.1 Å². The minimum absolute atomic E-state index is 0.152. The molecule has 2 aromatic rings. The molecule has 0 aliphatic rings. The number of hydrogen-bond donors (Lipinski definition) is 0. The number of ketones is 1. The van der Waals surface area contributed by atoms with Crippen molar-refractivity contribution in [3.8, 4) is 0 Å². The van der Waals surface area contributed by atoms with Crippen molar-refractivity contribution in [3.63, 3.8) is 0 Å². The second-order valence-electron chi connectivity index (χ2n) is 5.82. The van der Waals surface area contributed by atoms with Gasteiger partial charge in [-0.1, -0.05) is 67.2 Å². The lowest BCUT2D eigenvalue weighted by molar-refractivity contribution is -0.121. The number of Topliss-reactive ketones (excluding diaryl/α,β-unsaturated/α-hetero) is 1. The van der Waals surface area contributed by atoms with Crippen LogP contribution in [0.4, 0.5) is 0 Å². The van der Waals surface area contributed by atoms with Crippen molar-refractivity contribution < 1.29 is 4.79 Å². The van der Waals surface area contributed by atoms with E-state index in [1.807, 2.05) is 50.2 Å². The molecule has 1 nitrogen and oxygen atoms in total. The van der Waals surface area contributed by atoms with E-state index in [0.717, 1.165) is 22.3 Å². The highest BCUT2D eigenvalue weighted by Crippen LogP contribution is 2.34. The third-order valence-electron chi connectivity index (χ3n) is 4.23. The molecule has 0 saturated carbocycles. The molecule has 0 aliphatic carbocycles. The molecule has 0 aromatic heterocycles. The minimum atomic E-state index is -0.260. The zero-order valence-corrected chi connectivity index (χ0v) is 18.1. The summed E-state index contributed by atoms with van der Waals surface area (Å²) in [7, 11) is 0. The average Bonchev–Trinajstić information content (AvgIpc) is 2.55. The largest absolute Gasteiger partial charge is 0.298 e. The molecule has 0 amide bonds. The standard InChI is InChI=1S/C19H18Br2Cl2O/c1-11-3-5-13(22)7-15(11)17(9-20)19(24)18(10-21)16-8-14(23)6-4-12(16)2/h3-8,17-18H,9-10H2,1-2H3. The number of carbonyl (C=O) groups excluding carboxylic acids is 1. The molecule has 24 heavy (non-hydrogen) atoms. The SMILES string of the molecule is Cc1ccc(Cl)cc1C(CBr)C(=O)C(CBr)c1cc(Cl)ccc1C. The number of carbonyl (C=O) groups is 1. The first kappa shape index (κ1) is 20.0. The normalized spacial score (nSPS) is 13.6. The molecule has 0 bridgehead atoms. The van der Waals surface area contributed by atoms with Gasteiger partial charge in [-0.15, -0.1) is 0 Å². The van der Waals surface area contributed by atoms with Crippen LogP contribution < -0.4 is 0 Å². The Morgan fingerprint density at radius 2 is 1.25 bits per heavy atom. The van der Waals surface area contributed by atoms with Crippen LogP contribution in [0.3, 0.4) is 0 Å². The summed E-state index contributed by atoms with van der Waals surface area (Å²) < 4.78 is 0. The molecule has 2 rings (SSSR count). The third kappa shape index (κ3) is 4.43. The molecule has 0 radical (unpaired) electrons. The summed E-state index contributed by atoms with van der Waals surface area (Å²) in [6.45, 7) is 4.00. The van der Waals surface area contributed by atoms with Crippen molar-refractivity contribution in [3.05, 3.63) is 68.7 Å². The van der Waals surface area contributed by atoms with Crippen LogP contribution >= 0.6 is 55.1 Å². The number of hydrogen-bond acceptors (Lipinski definition) is 1. The predicted molar refractivity (Wildman–Crippen MR) is 110 cm³/mol. The van der Waals surface area contributed by atoms with Gasteiger partial charge in [0.2, 0.25) is 0 Å². The molecule has 0 saturated heterocycles. The molecule has 128 valence electrons. The molecule has 0 aliphatic heterocycles. The van der Waals surface area contributed by atoms with Gasteiger partial charge in [0.1, 0.15) is 5.78 Å². The topological polar surface area (TPSA) is 17.1 Å². The summed E-state index contributed by atoms with van der Waals surface area (Å²) in [4.78, 5) is 13.3. The van der Waals surface area contributed by atoms with Gasteiger partial charge in [-0.2, -0.15) is 0 Å². The van der Waals surface area contributed by atoms with E-state index in [9.17, 15) is 4.79 Å². The average molecular weight is 493 g/mol. The van der Waals surface area contributed by atoms with Crippen LogP contribution in [0.15, 0.2) is 36.4 Å². The first-order chi connectivity index (χ1) is 11.4. The molecule has 0 fully saturated rings. The van der Waals surface area contributed by atoms with Gasteiger partial charge in [0, 0.05) is 20.7 Å². The van der Waals surface area contributed by atoms with E-state index >= 15 is 0 Å². The highest BCUT2D eigenvalue weighted by atomic mass is 79.9. The summed E-state index contributed by atoms with van der Waals surface area (Å²) in [6.07, 6.45) is 0. The summed E-state index contributed by atoms with van der Waals surface area (Å²) >= 11 is 19.3. The summed E-state index contributed by atoms with van der Waals surface area (Å²) in [6, 6.07) is 11.4. The lowest BCUT2D eigenvalue weighted by Crippen LogP contribution is -2.24. The van der Waals surface area contributed by atoms with E-state index in [1.54, 1.807) is 0 Å². The van der Waals surface area contributed by atoms with Gasteiger partial charge < -0.3 is 0 Å². The smallest absolute Gasteiger partial charge is 0.149 e. The van der Waals surface area contributed by atoms with E-state index in [1.165, 1.54) is 0 Å². The van der Waals surface area contributed by atoms with Gasteiger partial charge in [-0.25, -0.2) is 0 Å². The fourth-order valence-corrected chi connectivity index (χ4v) is 4.54. The van der Waals surface area contributed by atoms with Crippen molar-refractivity contribution in [2.45, 2.75) is 25.7 Å². The van der Waals surface area contributed by atoms with E-state index in [4.69, 9.17) is 23.2 Å². The Balaban J connectivity index is 2.45. The molecule has 0 N–H and O–H groups in total. The van der Waals surface area contributed by atoms with Crippen LogP contribution in [0.2, 0.25) is 10.0 Å². The van der Waals surface area contributed by atoms with E-state index in [2.05, 4.69) is 31.9 Å². The van der Waals surface area contributed by atoms with Crippen LogP contribution in [0.5, 0.6) is 0 Å². The maximum absolute atomic E-state index is 13.3. The Hall–Kier alpha value is -0.350. The number of halogens is 4. The van der Waals surface area contributed by atoms with Crippen molar-refractivity contribution in [1.82, 2.24) is 0 Å². The molecular formula is C19H18Br2Cl2O. The fraction of sp³-hybridized carbons (Fsp3) is 0.316. The van der Waals surface area contributed by atoms with Crippen LogP contribution in [0, 0.1) is 13.8 Å². The fourth-order valence-electron chi connectivity index (χ4n) is 2.84.